The minimum Gasteiger partial charge on any atom is -0.506 e. The van der Waals surface area contributed by atoms with E-state index in [1.54, 1.807) is 18.2 Å². The van der Waals surface area contributed by atoms with E-state index in [0.29, 0.717) is 18.7 Å². The van der Waals surface area contributed by atoms with Crippen LogP contribution in [0.3, 0.4) is 0 Å². The van der Waals surface area contributed by atoms with E-state index in [-0.39, 0.29) is 47.7 Å². The number of aromatic nitrogens is 1. The number of piperazine rings is 1. The Kier molecular flexibility index (Phi) is 9.94. The van der Waals surface area contributed by atoms with Crippen molar-refractivity contribution in [1.29, 1.82) is 0 Å². The van der Waals surface area contributed by atoms with Gasteiger partial charge < -0.3 is 26.4 Å². The van der Waals surface area contributed by atoms with E-state index in [9.17, 15) is 31.5 Å². The molecule has 0 unspecified atom stereocenters. The first-order chi connectivity index (χ1) is 19.9. The summed E-state index contributed by atoms with van der Waals surface area (Å²) in [6.07, 6.45) is -3.78. The lowest BCUT2D eigenvalue weighted by Gasteiger charge is -2.35. The molecule has 0 aliphatic carbocycles. The van der Waals surface area contributed by atoms with Crippen LogP contribution in [0.4, 0.5) is 24.7 Å². The topological polar surface area (TPSA) is 141 Å². The number of alkyl halides is 3. The number of phenols is 1. The number of rotatable bonds is 10. The van der Waals surface area contributed by atoms with E-state index >= 15 is 0 Å². The monoisotopic (exact) mass is 626 g/mol. The van der Waals surface area contributed by atoms with Crippen molar-refractivity contribution >= 4 is 39.0 Å². The molecule has 0 spiro atoms. The van der Waals surface area contributed by atoms with Crippen molar-refractivity contribution in [3.8, 4) is 5.75 Å². The molecule has 1 amide bonds. The van der Waals surface area contributed by atoms with Crippen molar-refractivity contribution in [3.63, 3.8) is 0 Å². The van der Waals surface area contributed by atoms with Gasteiger partial charge in [0.1, 0.15) is 16.7 Å². The molecule has 15 heteroatoms. The predicted octanol–water partition coefficient (Wildman–Crippen LogP) is 3.66. The van der Waals surface area contributed by atoms with E-state index in [4.69, 9.17) is 17.3 Å². The Hall–Kier alpha value is -3.43. The minimum absolute atomic E-state index is 0.00185. The summed E-state index contributed by atoms with van der Waals surface area (Å²) in [6.45, 7) is 1.96. The average Bonchev–Trinajstić information content (AvgIpc) is 2.95. The predicted molar refractivity (Wildman–Crippen MR) is 153 cm³/mol. The van der Waals surface area contributed by atoms with Crippen LogP contribution in [0.2, 0.25) is 5.15 Å². The first-order valence-electron chi connectivity index (χ1n) is 13.0. The Morgan fingerprint density at radius 2 is 1.81 bits per heavy atom. The Morgan fingerprint density at radius 1 is 1.07 bits per heavy atom. The summed E-state index contributed by atoms with van der Waals surface area (Å²) < 4.78 is 67.2. The van der Waals surface area contributed by atoms with Crippen LogP contribution in [0.1, 0.15) is 27.9 Å². The van der Waals surface area contributed by atoms with Crippen molar-refractivity contribution in [3.05, 3.63) is 76.4 Å². The lowest BCUT2D eigenvalue weighted by atomic mass is 10.1. The van der Waals surface area contributed by atoms with Gasteiger partial charge in [0.25, 0.3) is 5.91 Å². The molecule has 2 aromatic carbocycles. The molecule has 1 aliphatic rings. The van der Waals surface area contributed by atoms with Gasteiger partial charge in [0, 0.05) is 44.4 Å². The van der Waals surface area contributed by atoms with E-state index in [2.05, 4.69) is 15.6 Å². The number of sulfonamides is 1. The summed E-state index contributed by atoms with van der Waals surface area (Å²) in [7, 11) is -4.05. The van der Waals surface area contributed by atoms with Gasteiger partial charge in [0.2, 0.25) is 10.0 Å². The minimum atomic E-state index is -4.61. The Labute approximate surface area is 246 Å². The van der Waals surface area contributed by atoms with Crippen molar-refractivity contribution < 1.29 is 31.5 Å². The molecule has 4 rings (SSSR count). The maximum Gasteiger partial charge on any atom is 0.416 e. The lowest BCUT2D eigenvalue weighted by Crippen LogP contribution is -2.49. The molecule has 5 N–H and O–H groups in total. The number of amides is 1. The maximum atomic E-state index is 13.3. The van der Waals surface area contributed by atoms with Crippen LogP contribution in [0, 0.1) is 0 Å². The fraction of sp³-hybridized carbons (Fsp3) is 0.333. The number of nitrogens with two attached hydrogens (primary N) is 1. The van der Waals surface area contributed by atoms with Gasteiger partial charge >= 0.3 is 6.18 Å². The molecule has 0 bridgehead atoms. The van der Waals surface area contributed by atoms with E-state index in [0.717, 1.165) is 36.7 Å². The summed E-state index contributed by atoms with van der Waals surface area (Å²) in [5.74, 6) is -0.923. The van der Waals surface area contributed by atoms with Crippen molar-refractivity contribution in [1.82, 2.24) is 14.6 Å². The fourth-order valence-electron chi connectivity index (χ4n) is 4.37. The lowest BCUT2D eigenvalue weighted by molar-refractivity contribution is -0.137. The molecule has 0 saturated carbocycles. The van der Waals surface area contributed by atoms with Gasteiger partial charge in [-0.1, -0.05) is 23.7 Å². The molecule has 1 aliphatic heterocycles. The molecular formula is C27H30ClF3N6O4S. The number of phenolic OH excluding ortho intramolecular Hbond substituents is 1. The largest absolute Gasteiger partial charge is 0.506 e. The zero-order valence-electron chi connectivity index (χ0n) is 22.4. The summed E-state index contributed by atoms with van der Waals surface area (Å²) >= 11 is 5.79. The van der Waals surface area contributed by atoms with Crippen molar-refractivity contribution in [2.24, 2.45) is 5.73 Å². The van der Waals surface area contributed by atoms with Gasteiger partial charge in [0.05, 0.1) is 16.1 Å². The van der Waals surface area contributed by atoms with Gasteiger partial charge in [-0.15, -0.1) is 0 Å². The number of anilines is 2. The highest BCUT2D eigenvalue weighted by Crippen LogP contribution is 2.34. The van der Waals surface area contributed by atoms with Crippen LogP contribution in [-0.2, 0) is 22.7 Å². The molecule has 2 heterocycles. The van der Waals surface area contributed by atoms with Crippen molar-refractivity contribution in [2.75, 3.05) is 49.5 Å². The first-order valence-corrected chi connectivity index (χ1v) is 14.8. The standard InChI is InChI=1S/C27H30ClF3N6O4S/c28-24-14-20(27(29,30)31)15-25(35-24)36-9-11-37(12-10-36)42(40,41)21-5-6-22(23(38)16-21)34-26(39)19-4-1-3-18(13-19)17-33-8-2-7-32/h1,3-6,13-16,33,38H,2,7-12,17,32H2,(H,34,39). The molecule has 1 fully saturated rings. The van der Waals surface area contributed by atoms with Crippen molar-refractivity contribution in [2.45, 2.75) is 24.0 Å². The van der Waals surface area contributed by atoms with Gasteiger partial charge in [-0.3, -0.25) is 4.79 Å². The number of hydrogen-bond donors (Lipinski definition) is 4. The van der Waals surface area contributed by atoms with E-state index in [1.807, 2.05) is 6.07 Å². The molecule has 226 valence electrons. The van der Waals surface area contributed by atoms with Gasteiger partial charge in [-0.25, -0.2) is 13.4 Å². The summed E-state index contributed by atoms with van der Waals surface area (Å²) in [5.41, 5.74) is 5.82. The van der Waals surface area contributed by atoms with E-state index < -0.39 is 33.4 Å². The van der Waals surface area contributed by atoms with Gasteiger partial charge in [-0.05, 0) is 61.5 Å². The molecule has 10 nitrogen and oxygen atoms in total. The molecular weight excluding hydrogens is 597 g/mol. The second kappa shape index (κ2) is 13.3. The first kappa shape index (κ1) is 31.5. The Bertz CT molecular complexity index is 1530. The Balaban J connectivity index is 1.40. The highest BCUT2D eigenvalue weighted by molar-refractivity contribution is 7.89. The number of nitrogens with zero attached hydrogens (tertiary/aromatic N) is 3. The molecule has 0 atom stereocenters. The maximum absolute atomic E-state index is 13.3. The van der Waals surface area contributed by atoms with Crippen LogP contribution >= 0.6 is 11.6 Å². The zero-order chi connectivity index (χ0) is 30.5. The van der Waals surface area contributed by atoms with Crippen LogP contribution in [-0.4, -0.2) is 68.0 Å². The summed E-state index contributed by atoms with van der Waals surface area (Å²) in [6, 6.07) is 12.1. The third-order valence-electron chi connectivity index (χ3n) is 6.60. The number of aromatic hydroxyl groups is 1. The summed E-state index contributed by atoms with van der Waals surface area (Å²) in [4.78, 5) is 18.1. The normalized spacial score (nSPS) is 14.6. The quantitative estimate of drug-likeness (QED) is 0.152. The third kappa shape index (κ3) is 7.69. The number of carbonyl (C=O) groups excluding carboxylic acids is 1. The second-order valence-corrected chi connectivity index (χ2v) is 11.9. The van der Waals surface area contributed by atoms with E-state index in [1.165, 1.54) is 21.3 Å². The molecule has 0 radical (unpaired) electrons. The highest BCUT2D eigenvalue weighted by Gasteiger charge is 2.34. The molecule has 42 heavy (non-hydrogen) atoms. The number of pyridine rings is 1. The second-order valence-electron chi connectivity index (χ2n) is 9.58. The molecule has 3 aromatic rings. The fourth-order valence-corrected chi connectivity index (χ4v) is 6.02. The average molecular weight is 627 g/mol. The zero-order valence-corrected chi connectivity index (χ0v) is 23.9. The van der Waals surface area contributed by atoms with Gasteiger partial charge in [-0.2, -0.15) is 17.5 Å². The highest BCUT2D eigenvalue weighted by atomic mass is 35.5. The number of benzene rings is 2. The Morgan fingerprint density at radius 3 is 2.48 bits per heavy atom. The SMILES string of the molecule is NCCCNCc1cccc(C(=O)Nc2ccc(S(=O)(=O)N3CCN(c4cc(C(F)(F)F)cc(Cl)n4)CC3)cc2O)c1. The number of carbonyl (C=O) groups is 1. The van der Waals surface area contributed by atoms with Gasteiger partial charge in [0.15, 0.2) is 0 Å². The molecule has 1 aromatic heterocycles. The number of nitrogens with one attached hydrogen (secondary N) is 2. The van der Waals surface area contributed by atoms with Crippen LogP contribution in [0.15, 0.2) is 59.5 Å². The molecule has 1 saturated heterocycles. The number of halogens is 4. The van der Waals surface area contributed by atoms with Crippen LogP contribution in [0.5, 0.6) is 5.75 Å². The summed E-state index contributed by atoms with van der Waals surface area (Å²) in [5, 5.41) is 16.0. The smallest absolute Gasteiger partial charge is 0.416 e. The third-order valence-corrected chi connectivity index (χ3v) is 8.69. The number of hydrogen-bond acceptors (Lipinski definition) is 8. The van der Waals surface area contributed by atoms with Crippen LogP contribution in [0.25, 0.3) is 0 Å². The van der Waals surface area contributed by atoms with Crippen LogP contribution < -0.4 is 21.3 Å².